The minimum atomic E-state index is -0.908. The molecule has 1 atom stereocenters. The zero-order valence-electron chi connectivity index (χ0n) is 16.0. The molecule has 0 fully saturated rings. The van der Waals surface area contributed by atoms with Crippen molar-refractivity contribution in [3.63, 3.8) is 0 Å². The summed E-state index contributed by atoms with van der Waals surface area (Å²) in [6.45, 7) is 3.42. The van der Waals surface area contributed by atoms with E-state index in [1.54, 1.807) is 31.2 Å². The first-order chi connectivity index (χ1) is 14.3. The predicted octanol–water partition coefficient (Wildman–Crippen LogP) is 3.21. The number of aromatic amines is 1. The number of nitrogens with zero attached hydrogens (tertiary/aromatic N) is 2. The van der Waals surface area contributed by atoms with Crippen molar-refractivity contribution in [2.75, 3.05) is 6.61 Å². The highest BCUT2D eigenvalue weighted by atomic mass is 35.5. The van der Waals surface area contributed by atoms with E-state index in [9.17, 15) is 14.4 Å². The second-order valence-corrected chi connectivity index (χ2v) is 6.98. The zero-order valence-corrected chi connectivity index (χ0v) is 17.5. The third-order valence-corrected chi connectivity index (χ3v) is 4.60. The molecule has 0 saturated carbocycles. The van der Waals surface area contributed by atoms with Crippen LogP contribution in [-0.4, -0.2) is 34.6 Å². The number of para-hydroxylation sites is 1. The number of nitrogens with one attached hydrogen (secondary N) is 1. The number of carbonyl (C=O) groups is 1. The number of H-pyrrole nitrogens is 1. The average Bonchev–Trinajstić information content (AvgIpc) is 2.70. The third kappa shape index (κ3) is 4.55. The number of ether oxygens (including phenoxy) is 2. The van der Waals surface area contributed by atoms with Crippen LogP contribution >= 0.6 is 23.2 Å². The highest BCUT2D eigenvalue weighted by Crippen LogP contribution is 2.34. The highest BCUT2D eigenvalue weighted by molar-refractivity contribution is 6.37. The number of rotatable bonds is 6. The third-order valence-electron chi connectivity index (χ3n) is 4.04. The number of benzene rings is 2. The molecule has 10 heteroatoms. The first-order valence-electron chi connectivity index (χ1n) is 8.92. The van der Waals surface area contributed by atoms with Crippen molar-refractivity contribution in [2.24, 2.45) is 5.10 Å². The summed E-state index contributed by atoms with van der Waals surface area (Å²) in [6.07, 6.45) is 0.357. The van der Waals surface area contributed by atoms with Crippen LogP contribution < -0.4 is 16.0 Å². The Bertz CT molecular complexity index is 1230. The van der Waals surface area contributed by atoms with Crippen LogP contribution in [0, 0.1) is 0 Å². The molecule has 8 nitrogen and oxygen atoms in total. The summed E-state index contributed by atoms with van der Waals surface area (Å²) in [5.41, 5.74) is -0.413. The van der Waals surface area contributed by atoms with E-state index < -0.39 is 23.3 Å². The van der Waals surface area contributed by atoms with Gasteiger partial charge in [0.25, 0.3) is 5.56 Å². The van der Waals surface area contributed by atoms with Gasteiger partial charge in [-0.1, -0.05) is 35.3 Å². The standard InChI is InChI=1S/C20H17Cl2N3O5/c1-3-29-19(27)11(2)30-17-14(21)8-12(9-15(17)22)10-23-25-18(26)13-6-4-5-7-16(13)24-20(25)28/h4-11H,3H2,1-2H3,(H,24,28)/t11-/m1/s1. The fraction of sp³-hybridized carbons (Fsp3) is 0.200. The normalized spacial score (nSPS) is 12.3. The Morgan fingerprint density at radius 3 is 2.57 bits per heavy atom. The maximum atomic E-state index is 12.5. The first-order valence-corrected chi connectivity index (χ1v) is 9.68. The van der Waals surface area contributed by atoms with Crippen LogP contribution in [0.1, 0.15) is 19.4 Å². The Morgan fingerprint density at radius 2 is 1.90 bits per heavy atom. The molecule has 0 unspecified atom stereocenters. The van der Waals surface area contributed by atoms with Crippen LogP contribution in [0.4, 0.5) is 0 Å². The lowest BCUT2D eigenvalue weighted by atomic mass is 10.2. The Balaban J connectivity index is 1.91. The fourth-order valence-corrected chi connectivity index (χ4v) is 3.23. The molecule has 1 heterocycles. The van der Waals surface area contributed by atoms with E-state index in [4.69, 9.17) is 32.7 Å². The molecule has 2 aromatic carbocycles. The summed E-state index contributed by atoms with van der Waals surface area (Å²) in [6, 6.07) is 9.56. The average molecular weight is 450 g/mol. The van der Waals surface area contributed by atoms with Gasteiger partial charge in [0.1, 0.15) is 0 Å². The molecular formula is C20H17Cl2N3O5. The molecule has 0 aliphatic carbocycles. The fourth-order valence-electron chi connectivity index (χ4n) is 2.63. The van der Waals surface area contributed by atoms with E-state index in [1.807, 2.05) is 0 Å². The van der Waals surface area contributed by atoms with Crippen molar-refractivity contribution in [3.05, 3.63) is 72.8 Å². The highest BCUT2D eigenvalue weighted by Gasteiger charge is 2.19. The molecule has 30 heavy (non-hydrogen) atoms. The second-order valence-electron chi connectivity index (χ2n) is 6.16. The van der Waals surface area contributed by atoms with Gasteiger partial charge in [0, 0.05) is 0 Å². The van der Waals surface area contributed by atoms with Crippen molar-refractivity contribution in [1.29, 1.82) is 0 Å². The zero-order chi connectivity index (χ0) is 21.8. The predicted molar refractivity (Wildman–Crippen MR) is 115 cm³/mol. The van der Waals surface area contributed by atoms with Gasteiger partial charge in [0.05, 0.1) is 33.8 Å². The number of aromatic nitrogens is 2. The monoisotopic (exact) mass is 449 g/mol. The number of halogens is 2. The van der Waals surface area contributed by atoms with E-state index in [1.165, 1.54) is 25.3 Å². The first kappa shape index (κ1) is 21.6. The molecule has 0 bridgehead atoms. The molecule has 0 aliphatic heterocycles. The van der Waals surface area contributed by atoms with Crippen LogP contribution in [0.5, 0.6) is 5.75 Å². The van der Waals surface area contributed by atoms with E-state index in [0.29, 0.717) is 21.1 Å². The van der Waals surface area contributed by atoms with Gasteiger partial charge >= 0.3 is 11.7 Å². The topological polar surface area (TPSA) is 103 Å². The van der Waals surface area contributed by atoms with Gasteiger partial charge < -0.3 is 14.5 Å². The van der Waals surface area contributed by atoms with Gasteiger partial charge in [0.15, 0.2) is 11.9 Å². The van der Waals surface area contributed by atoms with Crippen LogP contribution in [0.2, 0.25) is 10.0 Å². The van der Waals surface area contributed by atoms with Crippen LogP contribution in [0.15, 0.2) is 51.1 Å². The summed E-state index contributed by atoms with van der Waals surface area (Å²) in [4.78, 5) is 39.0. The molecule has 0 amide bonds. The van der Waals surface area contributed by atoms with Crippen molar-refractivity contribution in [1.82, 2.24) is 9.66 Å². The molecule has 1 aromatic heterocycles. The lowest BCUT2D eigenvalue weighted by Gasteiger charge is -2.16. The number of carbonyl (C=O) groups excluding carboxylic acids is 1. The van der Waals surface area contributed by atoms with Gasteiger partial charge in [-0.3, -0.25) is 4.79 Å². The summed E-state index contributed by atoms with van der Waals surface area (Å²) in [5, 5.41) is 4.53. The Kier molecular flexibility index (Phi) is 6.59. The Labute approximate surface area is 180 Å². The molecule has 3 rings (SSSR count). The molecule has 1 N–H and O–H groups in total. The van der Waals surface area contributed by atoms with Crippen molar-refractivity contribution in [2.45, 2.75) is 20.0 Å². The number of hydrogen-bond donors (Lipinski definition) is 1. The van der Waals surface area contributed by atoms with Gasteiger partial charge in [-0.25, -0.2) is 9.59 Å². The summed E-state index contributed by atoms with van der Waals surface area (Å²) < 4.78 is 11.1. The summed E-state index contributed by atoms with van der Waals surface area (Å²) in [5.74, 6) is -0.443. The lowest BCUT2D eigenvalue weighted by Crippen LogP contribution is -2.32. The van der Waals surface area contributed by atoms with E-state index >= 15 is 0 Å². The van der Waals surface area contributed by atoms with Gasteiger partial charge in [-0.2, -0.15) is 5.10 Å². The number of fused-ring (bicyclic) bond motifs is 1. The van der Waals surface area contributed by atoms with Crippen LogP contribution in [0.3, 0.4) is 0 Å². The number of esters is 1. The molecule has 0 radical (unpaired) electrons. The Morgan fingerprint density at radius 1 is 1.23 bits per heavy atom. The van der Waals surface area contributed by atoms with E-state index in [2.05, 4.69) is 10.1 Å². The molecule has 0 spiro atoms. The maximum Gasteiger partial charge on any atom is 0.349 e. The number of hydrogen-bond acceptors (Lipinski definition) is 6. The largest absolute Gasteiger partial charge is 0.476 e. The summed E-state index contributed by atoms with van der Waals surface area (Å²) in [7, 11) is 0. The van der Waals surface area contributed by atoms with Crippen molar-refractivity contribution in [3.8, 4) is 5.75 Å². The van der Waals surface area contributed by atoms with Gasteiger partial charge in [0.2, 0.25) is 0 Å². The Hall–Kier alpha value is -3.10. The molecule has 0 saturated heterocycles. The maximum absolute atomic E-state index is 12.5. The van der Waals surface area contributed by atoms with Gasteiger partial charge in [-0.15, -0.1) is 4.68 Å². The molecular weight excluding hydrogens is 433 g/mol. The molecule has 156 valence electrons. The van der Waals surface area contributed by atoms with Crippen molar-refractivity contribution < 1.29 is 14.3 Å². The SMILES string of the molecule is CCOC(=O)[C@@H](C)Oc1c(Cl)cc(C=Nn2c(=O)[nH]c3ccccc3c2=O)cc1Cl. The van der Waals surface area contributed by atoms with Crippen molar-refractivity contribution >= 4 is 46.3 Å². The van der Waals surface area contributed by atoms with Gasteiger partial charge in [-0.05, 0) is 43.7 Å². The quantitative estimate of drug-likeness (QED) is 0.459. The molecule has 0 aliphatic rings. The van der Waals surface area contributed by atoms with Crippen LogP contribution in [0.25, 0.3) is 10.9 Å². The summed E-state index contributed by atoms with van der Waals surface area (Å²) >= 11 is 12.4. The minimum absolute atomic E-state index is 0.108. The smallest absolute Gasteiger partial charge is 0.349 e. The lowest BCUT2D eigenvalue weighted by molar-refractivity contribution is -0.150. The van der Waals surface area contributed by atoms with E-state index in [0.717, 1.165) is 0 Å². The van der Waals surface area contributed by atoms with E-state index in [-0.39, 0.29) is 22.4 Å². The van der Waals surface area contributed by atoms with Crippen LogP contribution in [-0.2, 0) is 9.53 Å². The minimum Gasteiger partial charge on any atom is -0.476 e. The molecule has 3 aromatic rings. The second kappa shape index (κ2) is 9.15.